The third-order valence-corrected chi connectivity index (χ3v) is 3.74. The van der Waals surface area contributed by atoms with Crippen LogP contribution in [0, 0.1) is 18.3 Å². The average molecular weight is 329 g/mol. The molecule has 25 heavy (non-hydrogen) atoms. The van der Waals surface area contributed by atoms with Crippen molar-refractivity contribution < 1.29 is 9.90 Å². The topological polar surface area (TPSA) is 78.9 Å². The van der Waals surface area contributed by atoms with Gasteiger partial charge < -0.3 is 5.11 Å². The number of para-hydroxylation sites is 1. The van der Waals surface area contributed by atoms with Gasteiger partial charge in [-0.1, -0.05) is 48.0 Å². The molecule has 0 unspecified atom stereocenters. The molecule has 0 amide bonds. The van der Waals surface area contributed by atoms with E-state index in [0.717, 1.165) is 16.8 Å². The van der Waals surface area contributed by atoms with Gasteiger partial charge >= 0.3 is 5.97 Å². The second-order valence-electron chi connectivity index (χ2n) is 5.55. The maximum absolute atomic E-state index is 11.2. The molecule has 0 atom stereocenters. The van der Waals surface area contributed by atoms with Crippen LogP contribution in [0.15, 0.2) is 66.4 Å². The number of aromatic nitrogens is 2. The molecule has 3 rings (SSSR count). The number of hydrogen-bond donors (Lipinski definition) is 1. The number of carboxylic acids is 1. The molecule has 0 fully saturated rings. The van der Waals surface area contributed by atoms with Crippen LogP contribution < -0.4 is 0 Å². The molecule has 0 saturated carbocycles. The van der Waals surface area contributed by atoms with E-state index in [2.05, 4.69) is 5.10 Å². The molecule has 2 aromatic carbocycles. The van der Waals surface area contributed by atoms with Gasteiger partial charge in [-0.3, -0.25) is 0 Å². The first-order valence-corrected chi connectivity index (χ1v) is 7.65. The molecule has 1 aromatic heterocycles. The van der Waals surface area contributed by atoms with E-state index in [0.29, 0.717) is 11.3 Å². The Hall–Kier alpha value is -3.65. The standard InChI is InChI=1S/C20H15N3O2/c1-14-7-9-15(10-8-14)19-17(11-16(12-21)20(24)25)13-23(22-19)18-5-3-2-4-6-18/h2-11,13H,1H3,(H,24,25)/b16-11-. The van der Waals surface area contributed by atoms with E-state index in [4.69, 9.17) is 10.4 Å². The van der Waals surface area contributed by atoms with Crippen molar-refractivity contribution in [3.05, 3.63) is 77.5 Å². The molecule has 0 aliphatic rings. The van der Waals surface area contributed by atoms with Crippen LogP contribution in [0.5, 0.6) is 0 Å². The summed E-state index contributed by atoms with van der Waals surface area (Å²) in [5, 5.41) is 22.8. The van der Waals surface area contributed by atoms with Crippen LogP contribution in [0.25, 0.3) is 23.0 Å². The highest BCUT2D eigenvalue weighted by Crippen LogP contribution is 2.26. The van der Waals surface area contributed by atoms with E-state index in [-0.39, 0.29) is 5.57 Å². The van der Waals surface area contributed by atoms with E-state index in [1.54, 1.807) is 16.9 Å². The summed E-state index contributed by atoms with van der Waals surface area (Å²) in [5.74, 6) is -1.26. The molecule has 1 N–H and O–H groups in total. The summed E-state index contributed by atoms with van der Waals surface area (Å²) in [4.78, 5) is 11.2. The Balaban J connectivity index is 2.18. The number of benzene rings is 2. The molecule has 0 aliphatic carbocycles. The second kappa shape index (κ2) is 6.85. The number of aryl methyl sites for hydroxylation is 1. The lowest BCUT2D eigenvalue weighted by Gasteiger charge is -2.01. The number of rotatable bonds is 4. The minimum Gasteiger partial charge on any atom is -0.477 e. The fraction of sp³-hybridized carbons (Fsp3) is 0.0500. The number of carboxylic acid groups (broad SMARTS) is 1. The zero-order valence-electron chi connectivity index (χ0n) is 13.5. The maximum Gasteiger partial charge on any atom is 0.346 e. The summed E-state index contributed by atoms with van der Waals surface area (Å²) in [6.07, 6.45) is 3.08. The number of carbonyl (C=O) groups is 1. The molecule has 0 bridgehead atoms. The summed E-state index contributed by atoms with van der Waals surface area (Å²) in [7, 11) is 0. The lowest BCUT2D eigenvalue weighted by molar-refractivity contribution is -0.132. The van der Waals surface area contributed by atoms with Gasteiger partial charge in [-0.05, 0) is 25.1 Å². The lowest BCUT2D eigenvalue weighted by Crippen LogP contribution is -1.97. The molecule has 0 spiro atoms. The zero-order valence-corrected chi connectivity index (χ0v) is 13.5. The molecular formula is C20H15N3O2. The van der Waals surface area contributed by atoms with Crippen LogP contribution in [0.4, 0.5) is 0 Å². The lowest BCUT2D eigenvalue weighted by atomic mass is 10.0. The highest BCUT2D eigenvalue weighted by molar-refractivity contribution is 5.97. The molecule has 0 radical (unpaired) electrons. The van der Waals surface area contributed by atoms with Crippen LogP contribution in [0.2, 0.25) is 0 Å². The smallest absolute Gasteiger partial charge is 0.346 e. The van der Waals surface area contributed by atoms with E-state index in [1.165, 1.54) is 6.08 Å². The minimum absolute atomic E-state index is 0.332. The Morgan fingerprint density at radius 3 is 2.44 bits per heavy atom. The predicted molar refractivity (Wildman–Crippen MR) is 95.0 cm³/mol. The van der Waals surface area contributed by atoms with Gasteiger partial charge in [-0.15, -0.1) is 0 Å². The molecular weight excluding hydrogens is 314 g/mol. The number of hydrogen-bond acceptors (Lipinski definition) is 3. The molecule has 122 valence electrons. The van der Waals surface area contributed by atoms with E-state index in [9.17, 15) is 4.79 Å². The molecule has 0 aliphatic heterocycles. The minimum atomic E-state index is -1.26. The van der Waals surface area contributed by atoms with Gasteiger partial charge in [0.1, 0.15) is 11.6 Å². The van der Waals surface area contributed by atoms with Crippen LogP contribution in [-0.2, 0) is 4.79 Å². The zero-order chi connectivity index (χ0) is 17.8. The summed E-state index contributed by atoms with van der Waals surface area (Å²) in [6.45, 7) is 1.99. The Morgan fingerprint density at radius 1 is 1.16 bits per heavy atom. The Morgan fingerprint density at radius 2 is 1.84 bits per heavy atom. The van der Waals surface area contributed by atoms with Crippen molar-refractivity contribution in [1.29, 1.82) is 5.26 Å². The monoisotopic (exact) mass is 329 g/mol. The number of aliphatic carboxylic acids is 1. The fourth-order valence-electron chi connectivity index (χ4n) is 2.44. The predicted octanol–water partition coefficient (Wildman–Crippen LogP) is 3.84. The Kier molecular flexibility index (Phi) is 4.44. The first kappa shape index (κ1) is 16.2. The molecule has 3 aromatic rings. The van der Waals surface area contributed by atoms with E-state index < -0.39 is 5.97 Å². The summed E-state index contributed by atoms with van der Waals surface area (Å²) in [5.41, 5.74) is 3.69. The first-order chi connectivity index (χ1) is 12.1. The van der Waals surface area contributed by atoms with Crippen LogP contribution in [0.1, 0.15) is 11.1 Å². The van der Waals surface area contributed by atoms with Gasteiger partial charge in [0.2, 0.25) is 0 Å². The fourth-order valence-corrected chi connectivity index (χ4v) is 2.44. The summed E-state index contributed by atoms with van der Waals surface area (Å²) >= 11 is 0. The summed E-state index contributed by atoms with van der Waals surface area (Å²) in [6, 6.07) is 19.0. The highest BCUT2D eigenvalue weighted by atomic mass is 16.4. The number of nitrogens with zero attached hydrogens (tertiary/aromatic N) is 3. The molecule has 0 saturated heterocycles. The van der Waals surface area contributed by atoms with Crippen LogP contribution in [-0.4, -0.2) is 20.9 Å². The Labute approximate surface area is 145 Å². The number of nitriles is 1. The molecule has 5 nitrogen and oxygen atoms in total. The third kappa shape index (κ3) is 3.48. The van der Waals surface area contributed by atoms with Crippen molar-refractivity contribution in [2.24, 2.45) is 0 Å². The quantitative estimate of drug-likeness (QED) is 0.582. The third-order valence-electron chi connectivity index (χ3n) is 3.74. The van der Waals surface area contributed by atoms with E-state index in [1.807, 2.05) is 61.5 Å². The van der Waals surface area contributed by atoms with Crippen molar-refractivity contribution in [3.63, 3.8) is 0 Å². The second-order valence-corrected chi connectivity index (χ2v) is 5.55. The largest absolute Gasteiger partial charge is 0.477 e. The average Bonchev–Trinajstić information content (AvgIpc) is 3.04. The van der Waals surface area contributed by atoms with Gasteiger partial charge in [0.05, 0.1) is 11.4 Å². The normalized spacial score (nSPS) is 11.1. The van der Waals surface area contributed by atoms with Gasteiger partial charge in [0.15, 0.2) is 0 Å². The van der Waals surface area contributed by atoms with Gasteiger partial charge in [-0.25, -0.2) is 9.48 Å². The van der Waals surface area contributed by atoms with Crippen molar-refractivity contribution in [2.45, 2.75) is 6.92 Å². The van der Waals surface area contributed by atoms with E-state index >= 15 is 0 Å². The first-order valence-electron chi connectivity index (χ1n) is 7.65. The maximum atomic E-state index is 11.2. The molecule has 1 heterocycles. The van der Waals surface area contributed by atoms with Crippen LogP contribution >= 0.6 is 0 Å². The highest BCUT2D eigenvalue weighted by Gasteiger charge is 2.14. The SMILES string of the molecule is Cc1ccc(-c2nn(-c3ccccc3)cc2/C=C(/C#N)C(=O)O)cc1. The van der Waals surface area contributed by atoms with Gasteiger partial charge in [-0.2, -0.15) is 10.4 Å². The Bertz CT molecular complexity index is 978. The van der Waals surface area contributed by atoms with Gasteiger partial charge in [0.25, 0.3) is 0 Å². The van der Waals surface area contributed by atoms with Gasteiger partial charge in [0, 0.05) is 17.3 Å². The molecule has 5 heteroatoms. The van der Waals surface area contributed by atoms with Crippen molar-refractivity contribution in [1.82, 2.24) is 9.78 Å². The van der Waals surface area contributed by atoms with Crippen LogP contribution in [0.3, 0.4) is 0 Å². The van der Waals surface area contributed by atoms with Crippen molar-refractivity contribution in [2.75, 3.05) is 0 Å². The summed E-state index contributed by atoms with van der Waals surface area (Å²) < 4.78 is 1.68. The van der Waals surface area contributed by atoms with Crippen molar-refractivity contribution in [3.8, 4) is 23.0 Å². The van der Waals surface area contributed by atoms with Crippen molar-refractivity contribution >= 4 is 12.0 Å².